The first kappa shape index (κ1) is 13.6. The summed E-state index contributed by atoms with van der Waals surface area (Å²) in [5.41, 5.74) is 4.37. The molecule has 0 aromatic carbocycles. The predicted octanol–water partition coefficient (Wildman–Crippen LogP) is 2.66. The molecule has 0 aliphatic carbocycles. The number of nitrogens with one attached hydrogen (secondary N) is 2. The monoisotopic (exact) mass is 329 g/mol. The van der Waals surface area contributed by atoms with Crippen molar-refractivity contribution < 1.29 is 5.11 Å². The molecule has 0 unspecified atom stereocenters. The van der Waals surface area contributed by atoms with Crippen LogP contribution in [0.4, 0.5) is 0 Å². The molecule has 5 aromatic rings. The lowest BCUT2D eigenvalue weighted by Gasteiger charge is -2.01. The Morgan fingerprint density at radius 1 is 1.04 bits per heavy atom. The predicted molar refractivity (Wildman–Crippen MR) is 91.7 cm³/mol. The zero-order chi connectivity index (χ0) is 16.8. The minimum atomic E-state index is 0.0928. The van der Waals surface area contributed by atoms with Gasteiger partial charge in [-0.05, 0) is 24.3 Å². The Kier molecular flexibility index (Phi) is 2.78. The molecule has 8 nitrogen and oxygen atoms in total. The van der Waals surface area contributed by atoms with E-state index >= 15 is 0 Å². The molecule has 0 radical (unpaired) electrons. The van der Waals surface area contributed by atoms with Gasteiger partial charge in [-0.3, -0.25) is 15.1 Å². The molecule has 3 N–H and O–H groups in total. The molecule has 0 aliphatic rings. The maximum absolute atomic E-state index is 9.63. The van der Waals surface area contributed by atoms with Gasteiger partial charge in [0.15, 0.2) is 11.5 Å². The van der Waals surface area contributed by atoms with E-state index in [0.29, 0.717) is 22.9 Å². The molecule has 0 bridgehead atoms. The maximum atomic E-state index is 9.63. The van der Waals surface area contributed by atoms with Crippen molar-refractivity contribution in [2.75, 3.05) is 0 Å². The van der Waals surface area contributed by atoms with Crippen LogP contribution in [0.1, 0.15) is 0 Å². The zero-order valence-electron chi connectivity index (χ0n) is 12.8. The topological polar surface area (TPSA) is 116 Å². The minimum Gasteiger partial charge on any atom is -0.506 e. The second-order valence-electron chi connectivity index (χ2n) is 5.58. The first-order valence-corrected chi connectivity index (χ1v) is 7.57. The van der Waals surface area contributed by atoms with Crippen LogP contribution in [0.2, 0.25) is 0 Å². The molecule has 0 atom stereocenters. The van der Waals surface area contributed by atoms with Gasteiger partial charge in [-0.15, -0.1) is 0 Å². The Bertz CT molecular complexity index is 1190. The van der Waals surface area contributed by atoms with Gasteiger partial charge in [-0.2, -0.15) is 5.10 Å². The number of fused-ring (bicyclic) bond motifs is 2. The van der Waals surface area contributed by atoms with Gasteiger partial charge in [-0.1, -0.05) is 0 Å². The van der Waals surface area contributed by atoms with Crippen molar-refractivity contribution in [1.29, 1.82) is 0 Å². The SMILES string of the molecule is Oc1cncc(-c2cc3c(-c4nc5cccnc5[nH]4)n[nH]c3cn2)c1. The highest BCUT2D eigenvalue weighted by Gasteiger charge is 2.14. The van der Waals surface area contributed by atoms with Crippen molar-refractivity contribution >= 4 is 22.1 Å². The fraction of sp³-hybridized carbons (Fsp3) is 0. The number of pyridine rings is 3. The van der Waals surface area contributed by atoms with Crippen LogP contribution in [0.3, 0.4) is 0 Å². The first-order valence-electron chi connectivity index (χ1n) is 7.57. The summed E-state index contributed by atoms with van der Waals surface area (Å²) in [6.45, 7) is 0. The van der Waals surface area contributed by atoms with E-state index in [4.69, 9.17) is 0 Å². The van der Waals surface area contributed by atoms with E-state index in [2.05, 4.69) is 35.1 Å². The molecule has 0 saturated carbocycles. The summed E-state index contributed by atoms with van der Waals surface area (Å²) in [7, 11) is 0. The molecule has 25 heavy (non-hydrogen) atoms. The summed E-state index contributed by atoms with van der Waals surface area (Å²) in [5.74, 6) is 0.723. The maximum Gasteiger partial charge on any atom is 0.160 e. The molecule has 0 saturated heterocycles. The average Bonchev–Trinajstić information content (AvgIpc) is 3.24. The lowest BCUT2D eigenvalue weighted by molar-refractivity contribution is 0.473. The van der Waals surface area contributed by atoms with Gasteiger partial charge in [0.2, 0.25) is 0 Å². The van der Waals surface area contributed by atoms with Crippen LogP contribution in [0, 0.1) is 0 Å². The normalized spacial score (nSPS) is 11.4. The average molecular weight is 329 g/mol. The van der Waals surface area contributed by atoms with Crippen molar-refractivity contribution in [3.05, 3.63) is 49.1 Å². The molecule has 0 amide bonds. The second kappa shape index (κ2) is 5.10. The summed E-state index contributed by atoms with van der Waals surface area (Å²) >= 11 is 0. The van der Waals surface area contributed by atoms with E-state index in [1.54, 1.807) is 24.7 Å². The van der Waals surface area contributed by atoms with Gasteiger partial charge in [0.05, 0.1) is 23.6 Å². The number of hydrogen-bond acceptors (Lipinski definition) is 6. The van der Waals surface area contributed by atoms with Gasteiger partial charge in [0.25, 0.3) is 0 Å². The van der Waals surface area contributed by atoms with E-state index in [-0.39, 0.29) is 5.75 Å². The third-order valence-corrected chi connectivity index (χ3v) is 3.95. The molecular formula is C17H11N7O. The van der Waals surface area contributed by atoms with Gasteiger partial charge in [-0.25, -0.2) is 9.97 Å². The molecule has 5 aromatic heterocycles. The number of nitrogens with zero attached hydrogens (tertiary/aromatic N) is 5. The second-order valence-corrected chi connectivity index (χ2v) is 5.58. The van der Waals surface area contributed by atoms with Crippen molar-refractivity contribution in [3.8, 4) is 28.5 Å². The molecule has 120 valence electrons. The van der Waals surface area contributed by atoms with E-state index in [1.165, 1.54) is 6.20 Å². The number of H-pyrrole nitrogens is 2. The van der Waals surface area contributed by atoms with Crippen LogP contribution < -0.4 is 0 Å². The highest BCUT2D eigenvalue weighted by atomic mass is 16.3. The van der Waals surface area contributed by atoms with Gasteiger partial charge in [0.1, 0.15) is 17.0 Å². The number of hydrogen-bond donors (Lipinski definition) is 3. The highest BCUT2D eigenvalue weighted by Crippen LogP contribution is 2.29. The quantitative estimate of drug-likeness (QED) is 0.458. The van der Waals surface area contributed by atoms with Gasteiger partial charge < -0.3 is 10.1 Å². The molecule has 5 heterocycles. The number of aromatic amines is 2. The van der Waals surface area contributed by atoms with Crippen LogP contribution in [0.5, 0.6) is 5.75 Å². The van der Waals surface area contributed by atoms with Crippen LogP contribution in [0.25, 0.3) is 44.8 Å². The van der Waals surface area contributed by atoms with Crippen molar-refractivity contribution in [2.24, 2.45) is 0 Å². The Balaban J connectivity index is 1.70. The number of imidazole rings is 1. The molecule has 8 heteroatoms. The van der Waals surface area contributed by atoms with Crippen molar-refractivity contribution in [3.63, 3.8) is 0 Å². The minimum absolute atomic E-state index is 0.0928. The number of rotatable bonds is 2. The molecule has 0 aliphatic heterocycles. The van der Waals surface area contributed by atoms with E-state index in [9.17, 15) is 5.11 Å². The van der Waals surface area contributed by atoms with Crippen molar-refractivity contribution in [2.45, 2.75) is 0 Å². The van der Waals surface area contributed by atoms with Gasteiger partial charge >= 0.3 is 0 Å². The van der Waals surface area contributed by atoms with Crippen LogP contribution in [-0.4, -0.2) is 40.2 Å². The highest BCUT2D eigenvalue weighted by molar-refractivity contribution is 5.94. The molecule has 5 rings (SSSR count). The van der Waals surface area contributed by atoms with E-state index in [1.807, 2.05) is 18.2 Å². The Morgan fingerprint density at radius 3 is 2.88 bits per heavy atom. The van der Waals surface area contributed by atoms with E-state index < -0.39 is 0 Å². The fourth-order valence-corrected chi connectivity index (χ4v) is 2.78. The first-order chi connectivity index (χ1) is 12.3. The standard InChI is InChI=1S/C17H11N7O/c25-10-4-9(6-18-7-10)13-5-11-14(8-20-13)23-24-15(11)17-21-12-2-1-3-19-16(12)22-17/h1-8,25H,(H,23,24)(H,19,21,22). The van der Waals surface area contributed by atoms with Gasteiger partial charge in [0, 0.05) is 23.3 Å². The Hall–Kier alpha value is -3.81. The summed E-state index contributed by atoms with van der Waals surface area (Å²) in [5, 5.41) is 17.8. The summed E-state index contributed by atoms with van der Waals surface area (Å²) < 4.78 is 0. The molecule has 0 spiro atoms. The lowest BCUT2D eigenvalue weighted by atomic mass is 10.1. The van der Waals surface area contributed by atoms with Crippen LogP contribution >= 0.6 is 0 Å². The lowest BCUT2D eigenvalue weighted by Crippen LogP contribution is -1.86. The Labute approximate surface area is 140 Å². The Morgan fingerprint density at radius 2 is 2.00 bits per heavy atom. The number of aromatic nitrogens is 7. The summed E-state index contributed by atoms with van der Waals surface area (Å²) in [6, 6.07) is 7.24. The van der Waals surface area contributed by atoms with Crippen molar-refractivity contribution in [1.82, 2.24) is 35.1 Å². The summed E-state index contributed by atoms with van der Waals surface area (Å²) in [6.07, 6.45) is 6.45. The van der Waals surface area contributed by atoms with Crippen LogP contribution in [-0.2, 0) is 0 Å². The zero-order valence-corrected chi connectivity index (χ0v) is 12.8. The molecule has 0 fully saturated rings. The smallest absolute Gasteiger partial charge is 0.160 e. The fourth-order valence-electron chi connectivity index (χ4n) is 2.78. The third kappa shape index (κ3) is 2.19. The van der Waals surface area contributed by atoms with Crippen LogP contribution in [0.15, 0.2) is 49.1 Å². The van der Waals surface area contributed by atoms with E-state index in [0.717, 1.165) is 22.0 Å². The third-order valence-electron chi connectivity index (χ3n) is 3.95. The molecular weight excluding hydrogens is 318 g/mol. The summed E-state index contributed by atoms with van der Waals surface area (Å²) in [4.78, 5) is 20.4. The number of aromatic hydroxyl groups is 1. The largest absolute Gasteiger partial charge is 0.506 e.